The third-order valence-electron chi connectivity index (χ3n) is 7.30. The lowest BCUT2D eigenvalue weighted by atomic mass is 9.96. The first-order valence-electron chi connectivity index (χ1n) is 14.1. The second-order valence-electron chi connectivity index (χ2n) is 10.4. The van der Waals surface area contributed by atoms with Crippen LogP contribution in [0, 0.1) is 0 Å². The van der Waals surface area contributed by atoms with Gasteiger partial charge in [-0.1, -0.05) is 78.1 Å². The molecule has 0 aromatic heterocycles. The SMILES string of the molecule is O=C(O[C@@H]1O[C@@H]2COC(c3ccccc3)O[C@H]2[C@H](OC(=O)c2ccc(Br)cc2)[C@H]1OC(=O)c1ccc(Br)cc1)c1ccc(Br)cc1. The van der Waals surface area contributed by atoms with Crippen LogP contribution in [0.3, 0.4) is 0 Å². The van der Waals surface area contributed by atoms with Crippen molar-refractivity contribution in [3.63, 3.8) is 0 Å². The van der Waals surface area contributed by atoms with Crippen molar-refractivity contribution >= 4 is 65.7 Å². The van der Waals surface area contributed by atoms with Gasteiger partial charge in [-0.3, -0.25) is 0 Å². The monoisotopic (exact) mass is 814 g/mol. The van der Waals surface area contributed by atoms with Gasteiger partial charge in [0.25, 0.3) is 0 Å². The van der Waals surface area contributed by atoms with Crippen LogP contribution in [0.15, 0.2) is 117 Å². The first-order valence-corrected chi connectivity index (χ1v) is 16.5. The minimum atomic E-state index is -1.49. The number of rotatable bonds is 7. The van der Waals surface area contributed by atoms with Crippen molar-refractivity contribution in [2.45, 2.75) is 37.0 Å². The Morgan fingerprint density at radius 3 is 1.52 bits per heavy atom. The number of carbonyl (C=O) groups excluding carboxylic acids is 3. The molecule has 6 rings (SSSR count). The van der Waals surface area contributed by atoms with Crippen LogP contribution in [0.1, 0.15) is 42.9 Å². The van der Waals surface area contributed by atoms with Crippen molar-refractivity contribution in [2.24, 2.45) is 0 Å². The molecule has 4 aromatic rings. The molecule has 2 aliphatic heterocycles. The maximum Gasteiger partial charge on any atom is 0.340 e. The molecule has 0 saturated carbocycles. The van der Waals surface area contributed by atoms with Gasteiger partial charge < -0.3 is 28.4 Å². The predicted molar refractivity (Wildman–Crippen MR) is 175 cm³/mol. The quantitative estimate of drug-likeness (QED) is 0.139. The molecule has 46 heavy (non-hydrogen) atoms. The fraction of sp³-hybridized carbons (Fsp3) is 0.206. The molecule has 0 aliphatic carbocycles. The lowest BCUT2D eigenvalue weighted by Gasteiger charge is -2.47. The van der Waals surface area contributed by atoms with Crippen LogP contribution < -0.4 is 0 Å². The molecule has 2 heterocycles. The van der Waals surface area contributed by atoms with Crippen LogP contribution in [0.5, 0.6) is 0 Å². The van der Waals surface area contributed by atoms with Gasteiger partial charge in [0.1, 0.15) is 12.2 Å². The fourth-order valence-corrected chi connectivity index (χ4v) is 5.79. The molecule has 0 spiro atoms. The zero-order chi connectivity index (χ0) is 32.2. The third kappa shape index (κ3) is 7.59. The molecule has 6 atom stereocenters. The van der Waals surface area contributed by atoms with E-state index in [0.717, 1.165) is 19.0 Å². The van der Waals surface area contributed by atoms with Crippen LogP contribution in [0.4, 0.5) is 0 Å². The standard InChI is InChI=1S/C34H25Br3O9/c35-23-12-6-19(7-13-23)30(38)43-28-27-26(18-41-33(45-27)22-4-2-1-3-5-22)42-34(46-32(40)21-10-16-25(37)17-11-21)29(28)44-31(39)20-8-14-24(36)15-9-20/h1-17,26-29,33-34H,18H2/t26-,27-,28+,29-,33?,34+/m1/s1. The summed E-state index contributed by atoms with van der Waals surface area (Å²) in [5.41, 5.74) is 1.43. The Labute approximate surface area is 289 Å². The number of hydrogen-bond donors (Lipinski definition) is 0. The summed E-state index contributed by atoms with van der Waals surface area (Å²) < 4.78 is 38.7. The zero-order valence-corrected chi connectivity index (χ0v) is 28.6. The molecular weight excluding hydrogens is 792 g/mol. The molecule has 2 fully saturated rings. The normalized spacial score (nSPS) is 23.9. The summed E-state index contributed by atoms with van der Waals surface area (Å²) in [5, 5.41) is 0. The second kappa shape index (κ2) is 14.6. The molecule has 4 aromatic carbocycles. The van der Waals surface area contributed by atoms with E-state index in [1.807, 2.05) is 30.3 Å². The Morgan fingerprint density at radius 1 is 0.565 bits per heavy atom. The highest BCUT2D eigenvalue weighted by atomic mass is 79.9. The van der Waals surface area contributed by atoms with Crippen LogP contribution in [0.25, 0.3) is 0 Å². The van der Waals surface area contributed by atoms with E-state index >= 15 is 0 Å². The average molecular weight is 817 g/mol. The van der Waals surface area contributed by atoms with E-state index in [0.29, 0.717) is 0 Å². The molecule has 2 saturated heterocycles. The minimum absolute atomic E-state index is 0.0102. The lowest BCUT2D eigenvalue weighted by Crippen LogP contribution is -2.64. The lowest BCUT2D eigenvalue weighted by molar-refractivity contribution is -0.351. The topological polar surface area (TPSA) is 107 Å². The van der Waals surface area contributed by atoms with Crippen molar-refractivity contribution in [2.75, 3.05) is 6.61 Å². The number of halogens is 3. The van der Waals surface area contributed by atoms with Crippen molar-refractivity contribution < 1.29 is 42.8 Å². The summed E-state index contributed by atoms with van der Waals surface area (Å²) in [4.78, 5) is 40.4. The molecule has 9 nitrogen and oxygen atoms in total. The Morgan fingerprint density at radius 2 is 1.02 bits per heavy atom. The van der Waals surface area contributed by atoms with E-state index in [1.54, 1.807) is 72.8 Å². The van der Waals surface area contributed by atoms with Crippen molar-refractivity contribution in [1.82, 2.24) is 0 Å². The average Bonchev–Trinajstić information content (AvgIpc) is 3.07. The van der Waals surface area contributed by atoms with Crippen LogP contribution >= 0.6 is 47.8 Å². The summed E-state index contributed by atoms with van der Waals surface area (Å²) in [6, 6.07) is 28.9. The van der Waals surface area contributed by atoms with E-state index in [1.165, 1.54) is 0 Å². The van der Waals surface area contributed by atoms with Crippen LogP contribution in [0.2, 0.25) is 0 Å². The van der Waals surface area contributed by atoms with Gasteiger partial charge in [-0.15, -0.1) is 0 Å². The van der Waals surface area contributed by atoms with E-state index in [4.69, 9.17) is 28.4 Å². The van der Waals surface area contributed by atoms with Gasteiger partial charge in [-0.05, 0) is 72.8 Å². The van der Waals surface area contributed by atoms with Gasteiger partial charge in [0, 0.05) is 19.0 Å². The van der Waals surface area contributed by atoms with Crippen LogP contribution in [-0.4, -0.2) is 55.2 Å². The Bertz CT molecular complexity index is 1680. The molecular formula is C34H25Br3O9. The minimum Gasteiger partial charge on any atom is -0.452 e. The molecule has 0 bridgehead atoms. The molecule has 0 N–H and O–H groups in total. The first kappa shape index (κ1) is 32.5. The van der Waals surface area contributed by atoms with Gasteiger partial charge in [-0.2, -0.15) is 0 Å². The van der Waals surface area contributed by atoms with Crippen molar-refractivity contribution in [3.05, 3.63) is 139 Å². The largest absolute Gasteiger partial charge is 0.452 e. The van der Waals surface area contributed by atoms with Gasteiger partial charge in [0.15, 0.2) is 12.4 Å². The number of benzene rings is 4. The highest BCUT2D eigenvalue weighted by Gasteiger charge is 2.55. The predicted octanol–water partition coefficient (Wildman–Crippen LogP) is 7.42. The maximum atomic E-state index is 13.5. The third-order valence-corrected chi connectivity index (χ3v) is 8.89. The summed E-state index contributed by atoms with van der Waals surface area (Å²) in [5.74, 6) is -2.19. The molecule has 2 aliphatic rings. The number of esters is 3. The summed E-state index contributed by atoms with van der Waals surface area (Å²) in [7, 11) is 0. The van der Waals surface area contributed by atoms with Crippen molar-refractivity contribution in [3.8, 4) is 0 Å². The van der Waals surface area contributed by atoms with E-state index in [2.05, 4.69) is 47.8 Å². The summed E-state index contributed by atoms with van der Waals surface area (Å²) in [6.07, 6.45) is -6.83. The molecule has 12 heteroatoms. The Hall–Kier alpha value is -3.39. The van der Waals surface area contributed by atoms with E-state index in [-0.39, 0.29) is 23.3 Å². The smallest absolute Gasteiger partial charge is 0.340 e. The summed E-state index contributed by atoms with van der Waals surface area (Å²) in [6.45, 7) is 0.0102. The molecule has 0 amide bonds. The Kier molecular flexibility index (Phi) is 10.3. The van der Waals surface area contributed by atoms with Crippen LogP contribution in [-0.2, 0) is 28.4 Å². The van der Waals surface area contributed by atoms with E-state index in [9.17, 15) is 14.4 Å². The Balaban J connectivity index is 1.36. The molecule has 1 unspecified atom stereocenters. The maximum absolute atomic E-state index is 13.5. The van der Waals surface area contributed by atoms with Crippen molar-refractivity contribution in [1.29, 1.82) is 0 Å². The van der Waals surface area contributed by atoms with Gasteiger partial charge in [0.2, 0.25) is 12.4 Å². The summed E-state index contributed by atoms with van der Waals surface area (Å²) >= 11 is 10.1. The van der Waals surface area contributed by atoms with E-state index < -0.39 is 54.9 Å². The van der Waals surface area contributed by atoms with Gasteiger partial charge in [0.05, 0.1) is 23.3 Å². The zero-order valence-electron chi connectivity index (χ0n) is 23.8. The second-order valence-corrected chi connectivity index (χ2v) is 13.1. The number of ether oxygens (including phenoxy) is 6. The van der Waals surface area contributed by atoms with Gasteiger partial charge in [-0.25, -0.2) is 14.4 Å². The first-order chi connectivity index (χ1) is 22.2. The number of carbonyl (C=O) groups is 3. The fourth-order valence-electron chi connectivity index (χ4n) is 5.00. The van der Waals surface area contributed by atoms with Gasteiger partial charge >= 0.3 is 17.9 Å². The highest BCUT2D eigenvalue weighted by Crippen LogP contribution is 2.37. The highest BCUT2D eigenvalue weighted by molar-refractivity contribution is 9.11. The number of fused-ring (bicyclic) bond motifs is 1. The molecule has 0 radical (unpaired) electrons. The molecule has 236 valence electrons. The number of hydrogen-bond acceptors (Lipinski definition) is 9.